The molecule has 2 aromatic heterocycles. The smallest absolute Gasteiger partial charge is 0.317 e. The maximum absolute atomic E-state index is 13.3. The molecule has 3 N–H and O–H groups in total. The zero-order valence-electron chi connectivity index (χ0n) is 18.1. The number of rotatable bonds is 7. The number of fused-ring (bicyclic) bond motifs is 1. The average Bonchev–Trinajstić information content (AvgIpc) is 3.50. The van der Waals surface area contributed by atoms with Crippen molar-refractivity contribution in [1.29, 1.82) is 0 Å². The Morgan fingerprint density at radius 3 is 2.91 bits per heavy atom. The molecule has 34 heavy (non-hydrogen) atoms. The van der Waals surface area contributed by atoms with Crippen molar-refractivity contribution in [1.82, 2.24) is 20.2 Å². The Labute approximate surface area is 210 Å². The topological polar surface area (TPSA) is 116 Å². The van der Waals surface area contributed by atoms with Crippen molar-refractivity contribution in [3.8, 4) is 10.6 Å². The third-order valence-corrected chi connectivity index (χ3v) is 10.0. The number of carbonyl (C=O) groups is 1. The van der Waals surface area contributed by atoms with Gasteiger partial charge in [0.1, 0.15) is 15.3 Å². The number of carbonyl (C=O) groups excluding carboxylic acids is 1. The summed E-state index contributed by atoms with van der Waals surface area (Å²) < 4.78 is 27.7. The van der Waals surface area contributed by atoms with Gasteiger partial charge in [-0.3, -0.25) is 0 Å². The Hall–Kier alpha value is -2.70. The van der Waals surface area contributed by atoms with E-state index in [2.05, 4.69) is 41.8 Å². The van der Waals surface area contributed by atoms with Gasteiger partial charge in [-0.1, -0.05) is 18.2 Å². The minimum Gasteiger partial charge on any atom is -0.369 e. The van der Waals surface area contributed by atoms with Crippen LogP contribution in [0.15, 0.2) is 51.3 Å². The van der Waals surface area contributed by atoms with E-state index in [0.29, 0.717) is 52.9 Å². The van der Waals surface area contributed by atoms with Crippen LogP contribution in [0, 0.1) is 0 Å². The monoisotopic (exact) mass is 562 g/mol. The third-order valence-electron chi connectivity index (χ3n) is 5.83. The summed E-state index contributed by atoms with van der Waals surface area (Å²) in [6.07, 6.45) is 2.88. The third kappa shape index (κ3) is 4.62. The van der Waals surface area contributed by atoms with Crippen molar-refractivity contribution in [3.05, 3.63) is 52.6 Å². The average molecular weight is 564 g/mol. The van der Waals surface area contributed by atoms with Crippen molar-refractivity contribution in [2.24, 2.45) is 0 Å². The van der Waals surface area contributed by atoms with E-state index < -0.39 is 15.2 Å². The van der Waals surface area contributed by atoms with E-state index in [1.165, 1.54) is 11.3 Å². The molecule has 2 amide bonds. The maximum atomic E-state index is 13.3. The van der Waals surface area contributed by atoms with E-state index >= 15 is 0 Å². The van der Waals surface area contributed by atoms with Crippen LogP contribution in [0.1, 0.15) is 12.0 Å². The van der Waals surface area contributed by atoms with Gasteiger partial charge in [0.25, 0.3) is 0 Å². The second kappa shape index (κ2) is 9.51. The molecule has 12 heteroatoms. The number of sulfone groups is 1. The highest BCUT2D eigenvalue weighted by atomic mass is 79.9. The summed E-state index contributed by atoms with van der Waals surface area (Å²) in [4.78, 5) is 23.0. The number of amides is 2. The lowest BCUT2D eigenvalue weighted by molar-refractivity contribution is 0.219. The zero-order chi connectivity index (χ0) is 23.7. The van der Waals surface area contributed by atoms with Crippen LogP contribution in [0.3, 0.4) is 0 Å². The number of urea groups is 1. The molecule has 2 aliphatic heterocycles. The normalized spacial score (nSPS) is 17.7. The predicted molar refractivity (Wildman–Crippen MR) is 136 cm³/mol. The Bertz CT molecular complexity index is 1330. The number of thiophene rings is 1. The molecule has 3 aromatic rings. The van der Waals surface area contributed by atoms with E-state index in [1.807, 2.05) is 24.3 Å². The largest absolute Gasteiger partial charge is 0.369 e. The van der Waals surface area contributed by atoms with E-state index in [4.69, 9.17) is 0 Å². The first-order valence-corrected chi connectivity index (χ1v) is 14.0. The van der Waals surface area contributed by atoms with Gasteiger partial charge in [0, 0.05) is 38.1 Å². The standard InChI is InChI=1S/C22H23BrN6O3S2/c23-15-13-26-21(24-9-11-29-12-10-25-22(29)30)28-20(15)17-6-8-19(33-17)34(31,32)18-7-5-14-3-1-2-4-16(14)27-18/h1-4,6,8,13,18,27H,5,7,9-12H2,(H,25,30)(H,24,26,28). The van der Waals surface area contributed by atoms with Crippen LogP contribution in [0.25, 0.3) is 10.6 Å². The number of halogens is 1. The Morgan fingerprint density at radius 1 is 1.24 bits per heavy atom. The van der Waals surface area contributed by atoms with Crippen molar-refractivity contribution in [2.75, 3.05) is 36.8 Å². The number of anilines is 2. The second-order valence-electron chi connectivity index (χ2n) is 8.03. The SMILES string of the molecule is O=C1NCCN1CCNc1ncc(Br)c(-c2ccc(S(=O)(=O)C3CCc4ccccc4N3)s2)n1. The van der Waals surface area contributed by atoms with Crippen LogP contribution in [0.2, 0.25) is 0 Å². The van der Waals surface area contributed by atoms with E-state index in [-0.39, 0.29) is 6.03 Å². The van der Waals surface area contributed by atoms with E-state index in [0.717, 1.165) is 22.5 Å². The Morgan fingerprint density at radius 2 is 2.09 bits per heavy atom. The van der Waals surface area contributed by atoms with Crippen molar-refractivity contribution >= 4 is 54.8 Å². The molecule has 4 heterocycles. The molecule has 1 atom stereocenters. The second-order valence-corrected chi connectivity index (χ2v) is 12.3. The quantitative estimate of drug-likeness (QED) is 0.403. The number of nitrogens with zero attached hydrogens (tertiary/aromatic N) is 3. The molecule has 1 unspecified atom stereocenters. The highest BCUT2D eigenvalue weighted by Crippen LogP contribution is 2.37. The molecular formula is C22H23BrN6O3S2. The first-order valence-electron chi connectivity index (χ1n) is 10.9. The maximum Gasteiger partial charge on any atom is 0.317 e. The molecule has 0 saturated carbocycles. The van der Waals surface area contributed by atoms with Crippen LogP contribution in [0.4, 0.5) is 16.4 Å². The fraction of sp³-hybridized carbons (Fsp3) is 0.318. The van der Waals surface area contributed by atoms with E-state index in [1.54, 1.807) is 23.2 Å². The minimum atomic E-state index is -3.55. The lowest BCUT2D eigenvalue weighted by Gasteiger charge is -2.26. The van der Waals surface area contributed by atoms with Gasteiger partial charge in [-0.25, -0.2) is 23.2 Å². The number of para-hydroxylation sites is 1. The summed E-state index contributed by atoms with van der Waals surface area (Å²) in [7, 11) is -3.55. The number of nitrogens with one attached hydrogen (secondary N) is 3. The fourth-order valence-corrected chi connectivity index (χ4v) is 7.64. The molecule has 178 valence electrons. The summed E-state index contributed by atoms with van der Waals surface area (Å²) in [5, 5.41) is 8.44. The highest BCUT2D eigenvalue weighted by Gasteiger charge is 2.32. The summed E-state index contributed by atoms with van der Waals surface area (Å²) >= 11 is 4.68. The van der Waals surface area contributed by atoms with Gasteiger partial charge in [-0.15, -0.1) is 11.3 Å². The van der Waals surface area contributed by atoms with Crippen molar-refractivity contribution < 1.29 is 13.2 Å². The van der Waals surface area contributed by atoms with Gasteiger partial charge in [0.2, 0.25) is 15.8 Å². The van der Waals surface area contributed by atoms with Gasteiger partial charge >= 0.3 is 6.03 Å². The Balaban J connectivity index is 1.31. The first-order chi connectivity index (χ1) is 16.4. The summed E-state index contributed by atoms with van der Waals surface area (Å²) in [6.45, 7) is 2.39. The molecule has 9 nitrogen and oxygen atoms in total. The van der Waals surface area contributed by atoms with Gasteiger partial charge < -0.3 is 20.9 Å². The molecule has 1 fully saturated rings. The molecule has 0 radical (unpaired) electrons. The summed E-state index contributed by atoms with van der Waals surface area (Å²) in [6, 6.07) is 11.2. The lowest BCUT2D eigenvalue weighted by atomic mass is 10.0. The predicted octanol–water partition coefficient (Wildman–Crippen LogP) is 3.56. The van der Waals surface area contributed by atoms with Crippen molar-refractivity contribution in [3.63, 3.8) is 0 Å². The van der Waals surface area contributed by atoms with Crippen LogP contribution in [0.5, 0.6) is 0 Å². The molecule has 5 rings (SSSR count). The lowest BCUT2D eigenvalue weighted by Crippen LogP contribution is -2.33. The molecule has 2 aliphatic rings. The molecule has 1 aromatic carbocycles. The Kier molecular flexibility index (Phi) is 6.45. The highest BCUT2D eigenvalue weighted by molar-refractivity contribution is 9.10. The summed E-state index contributed by atoms with van der Waals surface area (Å²) in [5.41, 5.74) is 2.63. The minimum absolute atomic E-state index is 0.0671. The van der Waals surface area contributed by atoms with Gasteiger partial charge in [-0.05, 0) is 52.5 Å². The molecule has 1 saturated heterocycles. The van der Waals surface area contributed by atoms with Gasteiger partial charge in [0.05, 0.1) is 9.35 Å². The number of aryl methyl sites for hydroxylation is 1. The number of aromatic nitrogens is 2. The van der Waals surface area contributed by atoms with Crippen LogP contribution in [-0.2, 0) is 16.3 Å². The van der Waals surface area contributed by atoms with Gasteiger partial charge in [-0.2, -0.15) is 0 Å². The number of hydrogen-bond donors (Lipinski definition) is 3. The van der Waals surface area contributed by atoms with E-state index in [9.17, 15) is 13.2 Å². The summed E-state index contributed by atoms with van der Waals surface area (Å²) in [5.74, 6) is 0.418. The molecular weight excluding hydrogens is 540 g/mol. The van der Waals surface area contributed by atoms with Crippen molar-refractivity contribution in [2.45, 2.75) is 22.4 Å². The van der Waals surface area contributed by atoms with Crippen LogP contribution in [-0.4, -0.2) is 60.9 Å². The van der Waals surface area contributed by atoms with Crippen LogP contribution >= 0.6 is 27.3 Å². The first kappa shape index (κ1) is 23.1. The van der Waals surface area contributed by atoms with Crippen LogP contribution < -0.4 is 16.0 Å². The fourth-order valence-electron chi connectivity index (χ4n) is 4.04. The zero-order valence-corrected chi connectivity index (χ0v) is 21.3. The number of hydrogen-bond acceptors (Lipinski definition) is 8. The van der Waals surface area contributed by atoms with Gasteiger partial charge in [0.15, 0.2) is 0 Å². The number of benzene rings is 1. The molecule has 0 spiro atoms. The molecule has 0 aliphatic carbocycles. The molecule has 0 bridgehead atoms.